The second-order valence-corrected chi connectivity index (χ2v) is 7.35. The number of methoxy groups -OCH3 is 1. The number of benzene rings is 3. The molecule has 0 radical (unpaired) electrons. The Labute approximate surface area is 193 Å². The van der Waals surface area contributed by atoms with Gasteiger partial charge in [0, 0.05) is 12.1 Å². The highest BCUT2D eigenvalue weighted by atomic mass is 19.1. The van der Waals surface area contributed by atoms with Crippen LogP contribution in [0, 0.1) is 5.82 Å². The molecule has 1 N–H and O–H groups in total. The number of anilines is 1. The Morgan fingerprint density at radius 1 is 0.941 bits per heavy atom. The molecular formula is C25H19FN2O6. The summed E-state index contributed by atoms with van der Waals surface area (Å²) in [7, 11) is 1.52. The molecule has 0 bridgehead atoms. The third kappa shape index (κ3) is 4.49. The Kier molecular flexibility index (Phi) is 6.35. The summed E-state index contributed by atoms with van der Waals surface area (Å²) in [5, 5.41) is 2.63. The van der Waals surface area contributed by atoms with Crippen molar-refractivity contribution in [2.75, 3.05) is 18.6 Å². The van der Waals surface area contributed by atoms with E-state index in [1.54, 1.807) is 24.3 Å². The number of nitrogens with one attached hydrogen (secondary N) is 1. The van der Waals surface area contributed by atoms with E-state index in [0.717, 1.165) is 22.6 Å². The van der Waals surface area contributed by atoms with E-state index in [1.165, 1.54) is 37.4 Å². The molecule has 0 saturated heterocycles. The van der Waals surface area contributed by atoms with Crippen LogP contribution in [0.5, 0.6) is 5.75 Å². The minimum Gasteiger partial charge on any atom is -0.496 e. The van der Waals surface area contributed by atoms with Gasteiger partial charge in [0.15, 0.2) is 6.61 Å². The summed E-state index contributed by atoms with van der Waals surface area (Å²) in [6.07, 6.45) is 0. The topological polar surface area (TPSA) is 102 Å². The summed E-state index contributed by atoms with van der Waals surface area (Å²) in [4.78, 5) is 50.9. The number of ether oxygens (including phenoxy) is 2. The molecule has 9 heteroatoms. The average molecular weight is 462 g/mol. The van der Waals surface area contributed by atoms with Crippen LogP contribution in [-0.4, -0.2) is 37.4 Å². The molecule has 8 nitrogen and oxygen atoms in total. The molecule has 1 aliphatic rings. The molecule has 0 unspecified atom stereocenters. The van der Waals surface area contributed by atoms with E-state index < -0.39 is 36.1 Å². The number of esters is 1. The van der Waals surface area contributed by atoms with Gasteiger partial charge in [-0.25, -0.2) is 14.1 Å². The molecule has 3 amide bonds. The fourth-order valence-electron chi connectivity index (χ4n) is 3.50. The number of halogens is 1. The van der Waals surface area contributed by atoms with E-state index in [9.17, 15) is 23.6 Å². The van der Waals surface area contributed by atoms with Gasteiger partial charge in [0.1, 0.15) is 11.6 Å². The fraction of sp³-hybridized carbons (Fsp3) is 0.120. The van der Waals surface area contributed by atoms with Gasteiger partial charge < -0.3 is 14.8 Å². The van der Waals surface area contributed by atoms with Crippen LogP contribution in [-0.2, 0) is 16.1 Å². The molecule has 172 valence electrons. The van der Waals surface area contributed by atoms with Crippen molar-refractivity contribution in [3.8, 4) is 5.75 Å². The van der Waals surface area contributed by atoms with E-state index in [-0.39, 0.29) is 28.9 Å². The SMILES string of the molecule is COc1ccccc1CNC(=O)COC(=O)c1ccc2c(c1)C(=O)N(c1ccc(F)cc1)C2=O. The third-order valence-electron chi connectivity index (χ3n) is 5.21. The maximum absolute atomic E-state index is 13.2. The second-order valence-electron chi connectivity index (χ2n) is 7.35. The Balaban J connectivity index is 1.39. The lowest BCUT2D eigenvalue weighted by atomic mass is 10.1. The molecule has 3 aromatic carbocycles. The molecule has 0 spiro atoms. The monoisotopic (exact) mass is 462 g/mol. The zero-order valence-corrected chi connectivity index (χ0v) is 18.0. The summed E-state index contributed by atoms with van der Waals surface area (Å²) in [5.41, 5.74) is 1.11. The highest BCUT2D eigenvalue weighted by Crippen LogP contribution is 2.29. The van der Waals surface area contributed by atoms with Crippen LogP contribution in [0.3, 0.4) is 0 Å². The first-order chi connectivity index (χ1) is 16.4. The molecule has 0 atom stereocenters. The first kappa shape index (κ1) is 22.7. The predicted octanol–water partition coefficient (Wildman–Crippen LogP) is 3.11. The Morgan fingerprint density at radius 3 is 2.38 bits per heavy atom. The number of carbonyl (C=O) groups excluding carboxylic acids is 4. The van der Waals surface area contributed by atoms with Crippen molar-refractivity contribution in [1.82, 2.24) is 5.32 Å². The molecule has 1 aliphatic heterocycles. The second kappa shape index (κ2) is 9.53. The quantitative estimate of drug-likeness (QED) is 0.428. The van der Waals surface area contributed by atoms with Crippen molar-refractivity contribution in [1.29, 1.82) is 0 Å². The fourth-order valence-corrected chi connectivity index (χ4v) is 3.50. The molecule has 0 fully saturated rings. The average Bonchev–Trinajstić information content (AvgIpc) is 3.11. The molecule has 1 heterocycles. The molecule has 4 rings (SSSR count). The van der Waals surface area contributed by atoms with Crippen LogP contribution in [0.1, 0.15) is 36.6 Å². The summed E-state index contributed by atoms with van der Waals surface area (Å²) in [6.45, 7) is -0.339. The third-order valence-corrected chi connectivity index (χ3v) is 5.21. The van der Waals surface area contributed by atoms with Crippen molar-refractivity contribution < 1.29 is 33.0 Å². The highest BCUT2D eigenvalue weighted by Gasteiger charge is 2.37. The van der Waals surface area contributed by atoms with Gasteiger partial charge in [-0.05, 0) is 48.5 Å². The van der Waals surface area contributed by atoms with Crippen molar-refractivity contribution >= 4 is 29.4 Å². The minimum atomic E-state index is -0.823. The van der Waals surface area contributed by atoms with Crippen LogP contribution in [0.25, 0.3) is 0 Å². The van der Waals surface area contributed by atoms with Gasteiger partial charge in [-0.15, -0.1) is 0 Å². The molecule has 0 aliphatic carbocycles. The van der Waals surface area contributed by atoms with Crippen molar-refractivity contribution in [3.05, 3.63) is 94.8 Å². The lowest BCUT2D eigenvalue weighted by Gasteiger charge is -2.13. The molecule has 0 saturated carbocycles. The van der Waals surface area contributed by atoms with E-state index in [1.807, 2.05) is 0 Å². The van der Waals surface area contributed by atoms with Gasteiger partial charge in [0.25, 0.3) is 17.7 Å². The number of imide groups is 1. The summed E-state index contributed by atoms with van der Waals surface area (Å²) >= 11 is 0. The zero-order chi connectivity index (χ0) is 24.2. The normalized spacial score (nSPS) is 12.4. The Hall–Kier alpha value is -4.53. The molecular weight excluding hydrogens is 443 g/mol. The van der Waals surface area contributed by atoms with Gasteiger partial charge in [0.05, 0.1) is 29.5 Å². The zero-order valence-electron chi connectivity index (χ0n) is 18.0. The van der Waals surface area contributed by atoms with Gasteiger partial charge in [-0.3, -0.25) is 14.4 Å². The number of fused-ring (bicyclic) bond motifs is 1. The van der Waals surface area contributed by atoms with Crippen LogP contribution >= 0.6 is 0 Å². The minimum absolute atomic E-state index is 0.0124. The van der Waals surface area contributed by atoms with E-state index >= 15 is 0 Å². The lowest BCUT2D eigenvalue weighted by molar-refractivity contribution is -0.124. The van der Waals surface area contributed by atoms with E-state index in [2.05, 4.69) is 5.32 Å². The standard InChI is InChI=1S/C25H19FN2O6/c1-33-21-5-3-2-4-16(21)13-27-22(29)14-34-25(32)15-6-11-19-20(12-15)24(31)28(23(19)30)18-9-7-17(26)8-10-18/h2-12H,13-14H2,1H3,(H,27,29). The molecule has 34 heavy (non-hydrogen) atoms. The Morgan fingerprint density at radius 2 is 1.65 bits per heavy atom. The number of carbonyl (C=O) groups is 4. The van der Waals surface area contributed by atoms with Crippen LogP contribution in [0.4, 0.5) is 10.1 Å². The van der Waals surface area contributed by atoms with Crippen LogP contribution in [0.2, 0.25) is 0 Å². The summed E-state index contributed by atoms with van der Waals surface area (Å²) < 4.78 is 23.5. The number of hydrogen-bond donors (Lipinski definition) is 1. The first-order valence-electron chi connectivity index (χ1n) is 10.2. The smallest absolute Gasteiger partial charge is 0.338 e. The van der Waals surface area contributed by atoms with Gasteiger partial charge >= 0.3 is 5.97 Å². The highest BCUT2D eigenvalue weighted by molar-refractivity contribution is 6.34. The Bertz CT molecular complexity index is 1290. The summed E-state index contributed by atoms with van der Waals surface area (Å²) in [5.74, 6) is -2.45. The first-order valence-corrected chi connectivity index (χ1v) is 10.2. The van der Waals surface area contributed by atoms with Crippen LogP contribution < -0.4 is 15.0 Å². The maximum Gasteiger partial charge on any atom is 0.338 e. The van der Waals surface area contributed by atoms with Gasteiger partial charge in [-0.1, -0.05) is 18.2 Å². The number of amides is 3. The van der Waals surface area contributed by atoms with E-state index in [4.69, 9.17) is 9.47 Å². The lowest BCUT2D eigenvalue weighted by Crippen LogP contribution is -2.29. The van der Waals surface area contributed by atoms with Crippen molar-refractivity contribution in [2.45, 2.75) is 6.54 Å². The number of rotatable bonds is 7. The largest absolute Gasteiger partial charge is 0.496 e. The maximum atomic E-state index is 13.2. The van der Waals surface area contributed by atoms with Crippen molar-refractivity contribution in [2.24, 2.45) is 0 Å². The number of para-hydroxylation sites is 1. The number of hydrogen-bond acceptors (Lipinski definition) is 6. The number of nitrogens with zero attached hydrogens (tertiary/aromatic N) is 1. The van der Waals surface area contributed by atoms with Gasteiger partial charge in [-0.2, -0.15) is 0 Å². The predicted molar refractivity (Wildman–Crippen MR) is 119 cm³/mol. The van der Waals surface area contributed by atoms with Gasteiger partial charge in [0.2, 0.25) is 0 Å². The summed E-state index contributed by atoms with van der Waals surface area (Å²) in [6, 6.07) is 16.0. The molecule has 0 aromatic heterocycles. The van der Waals surface area contributed by atoms with E-state index in [0.29, 0.717) is 5.75 Å². The molecule has 3 aromatic rings. The van der Waals surface area contributed by atoms with Crippen LogP contribution in [0.15, 0.2) is 66.7 Å². The van der Waals surface area contributed by atoms with Crippen molar-refractivity contribution in [3.63, 3.8) is 0 Å².